The van der Waals surface area contributed by atoms with E-state index in [1.807, 2.05) is 25.1 Å². The molecular weight excluding hydrogens is 362 g/mol. The Labute approximate surface area is 142 Å². The average molecular weight is 378 g/mol. The fourth-order valence-corrected chi connectivity index (χ4v) is 2.80. The van der Waals surface area contributed by atoms with E-state index in [0.29, 0.717) is 18.1 Å². The van der Waals surface area contributed by atoms with Crippen LogP contribution in [0.1, 0.15) is 17.7 Å². The third-order valence-corrected chi connectivity index (χ3v) is 4.70. The van der Waals surface area contributed by atoms with Gasteiger partial charge in [-0.25, -0.2) is 0 Å². The van der Waals surface area contributed by atoms with E-state index < -0.39 is 5.92 Å². The molecule has 3 rings (SSSR count). The van der Waals surface area contributed by atoms with E-state index in [4.69, 9.17) is 4.52 Å². The number of halogens is 1. The maximum atomic E-state index is 12.4. The molecule has 1 aliphatic heterocycles. The van der Waals surface area contributed by atoms with Crippen LogP contribution in [0.4, 0.5) is 11.5 Å². The number of anilines is 2. The number of carbonyl (C=O) groups is 2. The molecule has 120 valence electrons. The van der Waals surface area contributed by atoms with E-state index in [0.717, 1.165) is 15.7 Å². The maximum absolute atomic E-state index is 12.4. The van der Waals surface area contributed by atoms with Crippen molar-refractivity contribution in [2.75, 3.05) is 16.8 Å². The lowest BCUT2D eigenvalue weighted by Gasteiger charge is -2.13. The molecular formula is C16H16BrN3O3. The zero-order chi connectivity index (χ0) is 16.6. The van der Waals surface area contributed by atoms with Gasteiger partial charge >= 0.3 is 0 Å². The smallest absolute Gasteiger partial charge is 0.229 e. The van der Waals surface area contributed by atoms with Gasteiger partial charge in [-0.2, -0.15) is 0 Å². The van der Waals surface area contributed by atoms with Gasteiger partial charge in [0.05, 0.1) is 5.92 Å². The van der Waals surface area contributed by atoms with E-state index in [1.165, 1.54) is 4.90 Å². The number of hydrogen-bond acceptors (Lipinski definition) is 4. The van der Waals surface area contributed by atoms with Gasteiger partial charge < -0.3 is 9.84 Å². The summed E-state index contributed by atoms with van der Waals surface area (Å²) in [6, 6.07) is 7.29. The van der Waals surface area contributed by atoms with E-state index in [1.54, 1.807) is 13.0 Å². The van der Waals surface area contributed by atoms with Gasteiger partial charge in [0.25, 0.3) is 0 Å². The first-order valence-electron chi connectivity index (χ1n) is 7.25. The van der Waals surface area contributed by atoms with E-state index in [-0.39, 0.29) is 18.2 Å². The van der Waals surface area contributed by atoms with Gasteiger partial charge in [0.2, 0.25) is 11.8 Å². The number of nitrogens with zero attached hydrogens (tertiary/aromatic N) is 2. The van der Waals surface area contributed by atoms with Gasteiger partial charge in [-0.05, 0) is 37.6 Å². The van der Waals surface area contributed by atoms with E-state index >= 15 is 0 Å². The highest BCUT2D eigenvalue weighted by atomic mass is 79.9. The van der Waals surface area contributed by atoms with E-state index in [2.05, 4.69) is 26.4 Å². The number of amides is 2. The molecule has 0 saturated carbocycles. The average Bonchev–Trinajstić information content (AvgIpc) is 3.09. The van der Waals surface area contributed by atoms with Crippen LogP contribution in [0.15, 0.2) is 33.3 Å². The van der Waals surface area contributed by atoms with Crippen LogP contribution in [0.2, 0.25) is 0 Å². The maximum Gasteiger partial charge on any atom is 0.229 e. The summed E-state index contributed by atoms with van der Waals surface area (Å²) in [6.45, 7) is 4.02. The zero-order valence-corrected chi connectivity index (χ0v) is 14.4. The summed E-state index contributed by atoms with van der Waals surface area (Å²) in [4.78, 5) is 26.0. The third-order valence-electron chi connectivity index (χ3n) is 3.81. The molecule has 2 heterocycles. The lowest BCUT2D eigenvalue weighted by atomic mass is 10.1. The second kappa shape index (κ2) is 6.16. The minimum atomic E-state index is -0.400. The Morgan fingerprint density at radius 3 is 2.83 bits per heavy atom. The molecule has 1 unspecified atom stereocenters. The minimum Gasteiger partial charge on any atom is -0.360 e. The second-order valence-electron chi connectivity index (χ2n) is 5.65. The summed E-state index contributed by atoms with van der Waals surface area (Å²) < 4.78 is 5.98. The number of hydrogen-bond donors (Lipinski definition) is 1. The van der Waals surface area contributed by atoms with Crippen LogP contribution in [0, 0.1) is 19.8 Å². The molecule has 2 aromatic rings. The van der Waals surface area contributed by atoms with Crippen LogP contribution in [0.3, 0.4) is 0 Å². The van der Waals surface area contributed by atoms with Gasteiger partial charge in [-0.3, -0.25) is 14.5 Å². The van der Waals surface area contributed by atoms with Crippen molar-refractivity contribution < 1.29 is 14.1 Å². The zero-order valence-electron chi connectivity index (χ0n) is 12.8. The normalized spacial score (nSPS) is 17.6. The predicted molar refractivity (Wildman–Crippen MR) is 89.2 cm³/mol. The Morgan fingerprint density at radius 2 is 2.17 bits per heavy atom. The molecule has 23 heavy (non-hydrogen) atoms. The van der Waals surface area contributed by atoms with Gasteiger partial charge in [0, 0.05) is 29.2 Å². The van der Waals surface area contributed by atoms with Crippen LogP contribution >= 0.6 is 15.9 Å². The molecule has 1 fully saturated rings. The number of aromatic nitrogens is 1. The molecule has 0 spiro atoms. The van der Waals surface area contributed by atoms with Gasteiger partial charge in [-0.15, -0.1) is 0 Å². The van der Waals surface area contributed by atoms with E-state index in [9.17, 15) is 9.59 Å². The highest BCUT2D eigenvalue weighted by Gasteiger charge is 2.36. The molecule has 0 bridgehead atoms. The summed E-state index contributed by atoms with van der Waals surface area (Å²) in [5.41, 5.74) is 1.75. The van der Waals surface area contributed by atoms with Gasteiger partial charge in [0.15, 0.2) is 5.82 Å². The summed E-state index contributed by atoms with van der Waals surface area (Å²) >= 11 is 3.43. The van der Waals surface area contributed by atoms with Crippen molar-refractivity contribution in [2.24, 2.45) is 5.92 Å². The molecule has 7 heteroatoms. The fourth-order valence-electron chi connectivity index (χ4n) is 2.55. The molecule has 1 N–H and O–H groups in total. The van der Waals surface area contributed by atoms with Crippen LogP contribution < -0.4 is 10.2 Å². The lowest BCUT2D eigenvalue weighted by molar-refractivity contribution is -0.122. The Morgan fingerprint density at radius 1 is 1.39 bits per heavy atom. The fraction of sp³-hybridized carbons (Fsp3) is 0.312. The lowest BCUT2D eigenvalue weighted by Crippen LogP contribution is -2.28. The molecule has 1 aliphatic rings. The molecule has 1 atom stereocenters. The summed E-state index contributed by atoms with van der Waals surface area (Å²) in [7, 11) is 0. The number of nitrogens with one attached hydrogen (secondary N) is 1. The highest BCUT2D eigenvalue weighted by Crippen LogP contribution is 2.26. The molecule has 1 aromatic carbocycles. The summed E-state index contributed by atoms with van der Waals surface area (Å²) in [5.74, 6) is 0.407. The highest BCUT2D eigenvalue weighted by molar-refractivity contribution is 9.10. The minimum absolute atomic E-state index is 0.120. The second-order valence-corrected chi connectivity index (χ2v) is 6.51. The first kappa shape index (κ1) is 15.7. The topological polar surface area (TPSA) is 75.4 Å². The summed E-state index contributed by atoms with van der Waals surface area (Å²) in [5, 5.41) is 6.71. The molecule has 0 aliphatic carbocycles. The molecule has 0 radical (unpaired) electrons. The number of aryl methyl sites for hydroxylation is 2. The Balaban J connectivity index is 1.69. The number of benzene rings is 1. The first-order chi connectivity index (χ1) is 10.9. The van der Waals surface area contributed by atoms with Crippen molar-refractivity contribution in [1.82, 2.24) is 5.16 Å². The largest absolute Gasteiger partial charge is 0.360 e. The van der Waals surface area contributed by atoms with Crippen molar-refractivity contribution in [3.8, 4) is 0 Å². The SMILES string of the molecule is Cc1cc(N2CC(C(=O)Nc3ccc(Br)c(C)c3)CC2=O)no1. The van der Waals surface area contributed by atoms with Crippen molar-refractivity contribution in [2.45, 2.75) is 20.3 Å². The van der Waals surface area contributed by atoms with Crippen molar-refractivity contribution in [3.05, 3.63) is 40.1 Å². The Hall–Kier alpha value is -2.15. The standard InChI is InChI=1S/C16H16BrN3O3/c1-9-5-12(3-4-13(9)17)18-16(22)11-7-15(21)20(8-11)14-6-10(2)23-19-14/h3-6,11H,7-8H2,1-2H3,(H,18,22). The third kappa shape index (κ3) is 3.29. The molecule has 1 saturated heterocycles. The van der Waals surface area contributed by atoms with Crippen LogP contribution in [0.25, 0.3) is 0 Å². The first-order valence-corrected chi connectivity index (χ1v) is 8.04. The quantitative estimate of drug-likeness (QED) is 0.891. The van der Waals surface area contributed by atoms with Crippen molar-refractivity contribution in [3.63, 3.8) is 0 Å². The van der Waals surface area contributed by atoms with Gasteiger partial charge in [-0.1, -0.05) is 21.1 Å². The van der Waals surface area contributed by atoms with Crippen LogP contribution in [-0.4, -0.2) is 23.5 Å². The number of rotatable bonds is 3. The molecule has 1 aromatic heterocycles. The Bertz CT molecular complexity index is 772. The monoisotopic (exact) mass is 377 g/mol. The van der Waals surface area contributed by atoms with Crippen LogP contribution in [-0.2, 0) is 9.59 Å². The molecule has 6 nitrogen and oxygen atoms in total. The number of carbonyl (C=O) groups excluding carboxylic acids is 2. The molecule has 2 amide bonds. The van der Waals surface area contributed by atoms with Crippen LogP contribution in [0.5, 0.6) is 0 Å². The summed E-state index contributed by atoms with van der Waals surface area (Å²) in [6.07, 6.45) is 0.174. The van der Waals surface area contributed by atoms with Crippen molar-refractivity contribution in [1.29, 1.82) is 0 Å². The van der Waals surface area contributed by atoms with Crippen molar-refractivity contribution >= 4 is 39.2 Å². The predicted octanol–water partition coefficient (Wildman–Crippen LogP) is 3.05. The van der Waals surface area contributed by atoms with Gasteiger partial charge in [0.1, 0.15) is 5.76 Å². The Kier molecular flexibility index (Phi) is 4.21.